The molecule has 2 N–H and O–H groups in total. The molecule has 1 unspecified atom stereocenters. The number of benzene rings is 1. The summed E-state index contributed by atoms with van der Waals surface area (Å²) < 4.78 is 10.8. The van der Waals surface area contributed by atoms with Gasteiger partial charge in [0.05, 0.1) is 13.7 Å². The molecule has 1 aromatic carbocycles. The van der Waals surface area contributed by atoms with E-state index in [2.05, 4.69) is 27.4 Å². The molecular weight excluding hydrogens is 316 g/mol. The van der Waals surface area contributed by atoms with Crippen LogP contribution in [0.4, 0.5) is 0 Å². The zero-order valence-corrected chi connectivity index (χ0v) is 15.8. The summed E-state index contributed by atoms with van der Waals surface area (Å²) >= 11 is 0. The van der Waals surface area contributed by atoms with Gasteiger partial charge in [0.2, 0.25) is 0 Å². The smallest absolute Gasteiger partial charge is 0.191 e. The SMILES string of the molecule is CN=C(NCCOc1ccc(OC)cc1)NCC(C)CN1CCCC1. The van der Waals surface area contributed by atoms with Crippen molar-refractivity contribution in [2.24, 2.45) is 10.9 Å². The number of nitrogens with zero attached hydrogens (tertiary/aromatic N) is 2. The van der Waals surface area contributed by atoms with Crippen LogP contribution in [0.5, 0.6) is 11.5 Å². The summed E-state index contributed by atoms with van der Waals surface area (Å²) in [6.07, 6.45) is 2.69. The second-order valence-electron chi connectivity index (χ2n) is 6.52. The maximum atomic E-state index is 5.71. The molecule has 0 aromatic heterocycles. The summed E-state index contributed by atoms with van der Waals surface area (Å²) in [7, 11) is 3.45. The number of hydrogen-bond donors (Lipinski definition) is 2. The second kappa shape index (κ2) is 10.8. The molecule has 1 aliphatic rings. The predicted molar refractivity (Wildman–Crippen MR) is 103 cm³/mol. The van der Waals surface area contributed by atoms with E-state index in [0.29, 0.717) is 19.1 Å². The summed E-state index contributed by atoms with van der Waals surface area (Å²) in [6, 6.07) is 7.61. The molecule has 0 spiro atoms. The van der Waals surface area contributed by atoms with Crippen molar-refractivity contribution in [2.45, 2.75) is 19.8 Å². The van der Waals surface area contributed by atoms with Gasteiger partial charge >= 0.3 is 0 Å². The Bertz CT molecular complexity index is 513. The normalized spacial score (nSPS) is 16.5. The molecule has 1 fully saturated rings. The molecule has 0 bridgehead atoms. The number of nitrogens with one attached hydrogen (secondary N) is 2. The van der Waals surface area contributed by atoms with Crippen molar-refractivity contribution in [3.05, 3.63) is 24.3 Å². The molecule has 0 aliphatic carbocycles. The number of aliphatic imine (C=N–C) groups is 1. The van der Waals surface area contributed by atoms with E-state index in [1.165, 1.54) is 25.9 Å². The lowest BCUT2D eigenvalue weighted by molar-refractivity contribution is 0.287. The van der Waals surface area contributed by atoms with E-state index in [4.69, 9.17) is 9.47 Å². The zero-order valence-electron chi connectivity index (χ0n) is 15.8. The van der Waals surface area contributed by atoms with Crippen LogP contribution in [-0.2, 0) is 0 Å². The van der Waals surface area contributed by atoms with Crippen LogP contribution in [0.1, 0.15) is 19.8 Å². The lowest BCUT2D eigenvalue weighted by Crippen LogP contribution is -2.42. The lowest BCUT2D eigenvalue weighted by Gasteiger charge is -2.21. The van der Waals surface area contributed by atoms with Crippen molar-refractivity contribution in [1.82, 2.24) is 15.5 Å². The Morgan fingerprint density at radius 1 is 1.16 bits per heavy atom. The molecule has 1 atom stereocenters. The first-order valence-corrected chi connectivity index (χ1v) is 9.15. The Labute approximate surface area is 151 Å². The number of ether oxygens (including phenoxy) is 2. The molecule has 1 heterocycles. The topological polar surface area (TPSA) is 58.1 Å². The van der Waals surface area contributed by atoms with Gasteiger partial charge < -0.3 is 25.0 Å². The molecule has 0 saturated carbocycles. The molecule has 140 valence electrons. The lowest BCUT2D eigenvalue weighted by atomic mass is 10.1. The Morgan fingerprint density at radius 2 is 1.84 bits per heavy atom. The molecule has 1 aromatic rings. The van der Waals surface area contributed by atoms with Crippen LogP contribution < -0.4 is 20.1 Å². The van der Waals surface area contributed by atoms with Crippen LogP contribution in [0.25, 0.3) is 0 Å². The molecule has 0 radical (unpaired) electrons. The predicted octanol–water partition coefficient (Wildman–Crippen LogP) is 1.97. The van der Waals surface area contributed by atoms with Gasteiger partial charge in [-0.15, -0.1) is 0 Å². The Balaban J connectivity index is 1.59. The van der Waals surface area contributed by atoms with Gasteiger partial charge in [-0.05, 0) is 56.1 Å². The van der Waals surface area contributed by atoms with Gasteiger partial charge in [0.25, 0.3) is 0 Å². The van der Waals surface area contributed by atoms with Crippen LogP contribution >= 0.6 is 0 Å². The molecule has 2 rings (SSSR count). The van der Waals surface area contributed by atoms with Crippen molar-refractivity contribution in [3.8, 4) is 11.5 Å². The van der Waals surface area contributed by atoms with E-state index in [1.807, 2.05) is 24.3 Å². The molecule has 1 saturated heterocycles. The van der Waals surface area contributed by atoms with Crippen LogP contribution in [-0.4, -0.2) is 64.3 Å². The number of guanidine groups is 1. The van der Waals surface area contributed by atoms with Gasteiger partial charge in [0.1, 0.15) is 18.1 Å². The van der Waals surface area contributed by atoms with E-state index in [9.17, 15) is 0 Å². The average Bonchev–Trinajstić information content (AvgIpc) is 3.14. The summed E-state index contributed by atoms with van der Waals surface area (Å²) in [5.74, 6) is 3.10. The summed E-state index contributed by atoms with van der Waals surface area (Å²) in [5, 5.41) is 6.68. The van der Waals surface area contributed by atoms with Crippen LogP contribution in [0, 0.1) is 5.92 Å². The Kier molecular flexibility index (Phi) is 8.39. The number of hydrogen-bond acceptors (Lipinski definition) is 4. The highest BCUT2D eigenvalue weighted by molar-refractivity contribution is 5.79. The highest BCUT2D eigenvalue weighted by atomic mass is 16.5. The zero-order chi connectivity index (χ0) is 17.9. The largest absolute Gasteiger partial charge is 0.497 e. The number of likely N-dealkylation sites (tertiary alicyclic amines) is 1. The van der Waals surface area contributed by atoms with Gasteiger partial charge in [-0.25, -0.2) is 0 Å². The first kappa shape index (κ1) is 19.4. The highest BCUT2D eigenvalue weighted by Gasteiger charge is 2.14. The molecular formula is C19H32N4O2. The van der Waals surface area contributed by atoms with E-state index >= 15 is 0 Å². The molecule has 6 heteroatoms. The first-order valence-electron chi connectivity index (χ1n) is 9.15. The fourth-order valence-corrected chi connectivity index (χ4v) is 2.97. The van der Waals surface area contributed by atoms with Gasteiger partial charge in [-0.2, -0.15) is 0 Å². The summed E-state index contributed by atoms with van der Waals surface area (Å²) in [5.41, 5.74) is 0. The minimum atomic E-state index is 0.580. The first-order chi connectivity index (χ1) is 12.2. The third kappa shape index (κ3) is 7.22. The van der Waals surface area contributed by atoms with Gasteiger partial charge in [-0.3, -0.25) is 4.99 Å². The second-order valence-corrected chi connectivity index (χ2v) is 6.52. The number of rotatable bonds is 9. The monoisotopic (exact) mass is 348 g/mol. The summed E-state index contributed by atoms with van der Waals surface area (Å²) in [4.78, 5) is 6.81. The van der Waals surface area contributed by atoms with E-state index < -0.39 is 0 Å². The van der Waals surface area contributed by atoms with E-state index in [1.54, 1.807) is 14.2 Å². The van der Waals surface area contributed by atoms with Crippen LogP contribution in [0.3, 0.4) is 0 Å². The van der Waals surface area contributed by atoms with Crippen molar-refractivity contribution in [3.63, 3.8) is 0 Å². The molecule has 0 amide bonds. The molecule has 1 aliphatic heterocycles. The van der Waals surface area contributed by atoms with Gasteiger partial charge in [-0.1, -0.05) is 6.92 Å². The van der Waals surface area contributed by atoms with Crippen LogP contribution in [0.15, 0.2) is 29.3 Å². The Morgan fingerprint density at radius 3 is 2.48 bits per heavy atom. The third-order valence-corrected chi connectivity index (χ3v) is 4.33. The van der Waals surface area contributed by atoms with E-state index in [0.717, 1.165) is 30.5 Å². The highest BCUT2D eigenvalue weighted by Crippen LogP contribution is 2.16. The summed E-state index contributed by atoms with van der Waals surface area (Å²) in [6.45, 7) is 8.15. The fraction of sp³-hybridized carbons (Fsp3) is 0.632. The minimum absolute atomic E-state index is 0.580. The fourth-order valence-electron chi connectivity index (χ4n) is 2.97. The van der Waals surface area contributed by atoms with Crippen molar-refractivity contribution in [1.29, 1.82) is 0 Å². The van der Waals surface area contributed by atoms with Crippen molar-refractivity contribution >= 4 is 5.96 Å². The van der Waals surface area contributed by atoms with Crippen molar-refractivity contribution < 1.29 is 9.47 Å². The van der Waals surface area contributed by atoms with Crippen LogP contribution in [0.2, 0.25) is 0 Å². The maximum Gasteiger partial charge on any atom is 0.191 e. The maximum absolute atomic E-state index is 5.71. The third-order valence-electron chi connectivity index (χ3n) is 4.33. The standard InChI is InChI=1S/C19H32N4O2/c1-16(15-23-11-4-5-12-23)14-22-19(20-2)21-10-13-25-18-8-6-17(24-3)7-9-18/h6-9,16H,4-5,10-15H2,1-3H3,(H2,20,21,22). The van der Waals surface area contributed by atoms with E-state index in [-0.39, 0.29) is 0 Å². The van der Waals surface area contributed by atoms with Crippen molar-refractivity contribution in [2.75, 3.05) is 53.5 Å². The Hall–Kier alpha value is -1.95. The molecule has 25 heavy (non-hydrogen) atoms. The van der Waals surface area contributed by atoms with Gasteiger partial charge in [0.15, 0.2) is 5.96 Å². The number of methoxy groups -OCH3 is 1. The van der Waals surface area contributed by atoms with Gasteiger partial charge in [0, 0.05) is 20.1 Å². The molecule has 6 nitrogen and oxygen atoms in total. The quantitative estimate of drug-likeness (QED) is 0.406. The average molecular weight is 348 g/mol. The minimum Gasteiger partial charge on any atom is -0.497 e.